The molecule has 134 valence electrons. The molecule has 0 radical (unpaired) electrons. The third kappa shape index (κ3) is 4.33. The standard InChI is InChI=1S/C18H20ClNO4S/c1-14-11-16(19)5-6-18(14)24-13-15-3-2-4-17(12-15)25(21,22)20-7-9-23-10-8-20/h2-6,11-12H,7-10,13H2,1H3. The van der Waals surface area contributed by atoms with Crippen LogP contribution >= 0.6 is 11.6 Å². The zero-order valence-corrected chi connectivity index (χ0v) is 15.5. The number of hydrogen-bond acceptors (Lipinski definition) is 4. The first-order chi connectivity index (χ1) is 12.0. The van der Waals surface area contributed by atoms with Crippen molar-refractivity contribution >= 4 is 21.6 Å². The number of benzene rings is 2. The molecule has 3 rings (SSSR count). The summed E-state index contributed by atoms with van der Waals surface area (Å²) in [5.41, 5.74) is 1.73. The van der Waals surface area contributed by atoms with Crippen LogP contribution in [0.5, 0.6) is 5.75 Å². The molecule has 0 bridgehead atoms. The molecule has 0 aromatic heterocycles. The van der Waals surface area contributed by atoms with Crippen molar-refractivity contribution < 1.29 is 17.9 Å². The van der Waals surface area contributed by atoms with Gasteiger partial charge in [-0.3, -0.25) is 0 Å². The Bertz CT molecular complexity index is 848. The van der Waals surface area contributed by atoms with E-state index in [1.54, 1.807) is 24.3 Å². The molecule has 0 N–H and O–H groups in total. The highest BCUT2D eigenvalue weighted by molar-refractivity contribution is 7.89. The Morgan fingerprint density at radius 1 is 1.16 bits per heavy atom. The lowest BCUT2D eigenvalue weighted by atomic mass is 10.2. The molecule has 0 spiro atoms. The number of nitrogens with zero attached hydrogens (tertiary/aromatic N) is 1. The van der Waals surface area contributed by atoms with Crippen molar-refractivity contribution in [1.82, 2.24) is 4.31 Å². The van der Waals surface area contributed by atoms with Crippen molar-refractivity contribution in [3.63, 3.8) is 0 Å². The molecule has 7 heteroatoms. The van der Waals surface area contributed by atoms with E-state index in [0.29, 0.717) is 31.3 Å². The van der Waals surface area contributed by atoms with E-state index in [1.165, 1.54) is 4.31 Å². The summed E-state index contributed by atoms with van der Waals surface area (Å²) in [5.74, 6) is 0.728. The smallest absolute Gasteiger partial charge is 0.243 e. The van der Waals surface area contributed by atoms with Crippen LogP contribution in [0.4, 0.5) is 0 Å². The van der Waals surface area contributed by atoms with Crippen LogP contribution in [-0.4, -0.2) is 39.0 Å². The molecule has 1 saturated heterocycles. The average molecular weight is 382 g/mol. The number of halogens is 1. The average Bonchev–Trinajstić information content (AvgIpc) is 2.62. The number of rotatable bonds is 5. The third-order valence-corrected chi connectivity index (χ3v) is 6.17. The van der Waals surface area contributed by atoms with Crippen molar-refractivity contribution in [2.24, 2.45) is 0 Å². The van der Waals surface area contributed by atoms with E-state index in [4.69, 9.17) is 21.1 Å². The Morgan fingerprint density at radius 2 is 1.92 bits per heavy atom. The monoisotopic (exact) mass is 381 g/mol. The highest BCUT2D eigenvalue weighted by Gasteiger charge is 2.26. The van der Waals surface area contributed by atoms with E-state index >= 15 is 0 Å². The summed E-state index contributed by atoms with van der Waals surface area (Å²) in [7, 11) is -3.50. The highest BCUT2D eigenvalue weighted by atomic mass is 35.5. The van der Waals surface area contributed by atoms with Crippen LogP contribution in [0.2, 0.25) is 5.02 Å². The summed E-state index contributed by atoms with van der Waals surface area (Å²) in [5, 5.41) is 0.656. The zero-order valence-electron chi connectivity index (χ0n) is 13.9. The fourth-order valence-electron chi connectivity index (χ4n) is 2.67. The predicted molar refractivity (Wildman–Crippen MR) is 96.5 cm³/mol. The van der Waals surface area contributed by atoms with Crippen molar-refractivity contribution in [2.75, 3.05) is 26.3 Å². The van der Waals surface area contributed by atoms with Gasteiger partial charge in [-0.2, -0.15) is 4.31 Å². The maximum Gasteiger partial charge on any atom is 0.243 e. The van der Waals surface area contributed by atoms with Gasteiger partial charge in [-0.1, -0.05) is 23.7 Å². The molecule has 0 unspecified atom stereocenters. The Hall–Kier alpha value is -1.60. The second-order valence-electron chi connectivity index (χ2n) is 5.86. The molecular weight excluding hydrogens is 362 g/mol. The van der Waals surface area contributed by atoms with Crippen LogP contribution in [0.3, 0.4) is 0 Å². The number of aryl methyl sites for hydroxylation is 1. The van der Waals surface area contributed by atoms with E-state index in [1.807, 2.05) is 25.1 Å². The Kier molecular flexibility index (Phi) is 5.64. The Balaban J connectivity index is 1.75. The van der Waals surface area contributed by atoms with Gasteiger partial charge in [0.2, 0.25) is 10.0 Å². The van der Waals surface area contributed by atoms with E-state index in [9.17, 15) is 8.42 Å². The minimum atomic E-state index is -3.50. The van der Waals surface area contributed by atoms with Crippen LogP contribution in [0.25, 0.3) is 0 Å². The van der Waals surface area contributed by atoms with Crippen molar-refractivity contribution in [3.05, 3.63) is 58.6 Å². The first kappa shape index (κ1) is 18.2. The van der Waals surface area contributed by atoms with Gasteiger partial charge < -0.3 is 9.47 Å². The van der Waals surface area contributed by atoms with Crippen LogP contribution in [0.1, 0.15) is 11.1 Å². The normalized spacial score (nSPS) is 15.9. The third-order valence-electron chi connectivity index (χ3n) is 4.04. The molecular formula is C18H20ClNO4S. The quantitative estimate of drug-likeness (QED) is 0.797. The predicted octanol–water partition coefficient (Wildman–Crippen LogP) is 3.25. The summed E-state index contributed by atoms with van der Waals surface area (Å²) >= 11 is 5.94. The summed E-state index contributed by atoms with van der Waals surface area (Å²) in [6.07, 6.45) is 0. The Labute approximate surface area is 153 Å². The SMILES string of the molecule is Cc1cc(Cl)ccc1OCc1cccc(S(=O)(=O)N2CCOCC2)c1. The topological polar surface area (TPSA) is 55.8 Å². The van der Waals surface area contributed by atoms with Crippen molar-refractivity contribution in [1.29, 1.82) is 0 Å². The first-order valence-corrected chi connectivity index (χ1v) is 9.84. The molecule has 1 aliphatic heterocycles. The van der Waals surface area contributed by atoms with Gasteiger partial charge in [0.05, 0.1) is 18.1 Å². The lowest BCUT2D eigenvalue weighted by Gasteiger charge is -2.26. The summed E-state index contributed by atoms with van der Waals surface area (Å²) in [6, 6.07) is 12.3. The van der Waals surface area contributed by atoms with E-state index < -0.39 is 10.0 Å². The molecule has 25 heavy (non-hydrogen) atoms. The Morgan fingerprint density at radius 3 is 2.64 bits per heavy atom. The summed E-state index contributed by atoms with van der Waals surface area (Å²) in [4.78, 5) is 0.281. The number of morpholine rings is 1. The first-order valence-electron chi connectivity index (χ1n) is 8.02. The fraction of sp³-hybridized carbons (Fsp3) is 0.333. The second kappa shape index (κ2) is 7.74. The molecule has 0 atom stereocenters. The maximum atomic E-state index is 12.7. The minimum Gasteiger partial charge on any atom is -0.489 e. The summed E-state index contributed by atoms with van der Waals surface area (Å²) in [6.45, 7) is 3.82. The molecule has 1 fully saturated rings. The fourth-order valence-corrected chi connectivity index (χ4v) is 4.37. The number of sulfonamides is 1. The number of ether oxygens (including phenoxy) is 2. The van der Waals surface area contributed by atoms with E-state index in [0.717, 1.165) is 16.9 Å². The van der Waals surface area contributed by atoms with E-state index in [2.05, 4.69) is 0 Å². The molecule has 5 nitrogen and oxygen atoms in total. The molecule has 1 heterocycles. The lowest BCUT2D eigenvalue weighted by Crippen LogP contribution is -2.40. The van der Waals surface area contributed by atoms with Crippen molar-refractivity contribution in [3.8, 4) is 5.75 Å². The number of hydrogen-bond donors (Lipinski definition) is 0. The van der Waals surface area contributed by atoms with Gasteiger partial charge in [-0.05, 0) is 48.4 Å². The van der Waals surface area contributed by atoms with Crippen LogP contribution < -0.4 is 4.74 Å². The molecule has 2 aromatic rings. The molecule has 1 aliphatic rings. The molecule has 0 aliphatic carbocycles. The largest absolute Gasteiger partial charge is 0.489 e. The molecule has 0 saturated carbocycles. The van der Waals surface area contributed by atoms with Gasteiger partial charge in [0.15, 0.2) is 0 Å². The van der Waals surface area contributed by atoms with Crippen LogP contribution in [-0.2, 0) is 21.4 Å². The summed E-state index contributed by atoms with van der Waals surface area (Å²) < 4.78 is 37.9. The molecule has 0 amide bonds. The van der Waals surface area contributed by atoms with Gasteiger partial charge in [-0.25, -0.2) is 8.42 Å². The van der Waals surface area contributed by atoms with Gasteiger partial charge in [0, 0.05) is 18.1 Å². The minimum absolute atomic E-state index is 0.281. The maximum absolute atomic E-state index is 12.7. The molecule has 2 aromatic carbocycles. The lowest BCUT2D eigenvalue weighted by molar-refractivity contribution is 0.0730. The van der Waals surface area contributed by atoms with Crippen LogP contribution in [0, 0.1) is 6.92 Å². The highest BCUT2D eigenvalue weighted by Crippen LogP contribution is 2.24. The van der Waals surface area contributed by atoms with Gasteiger partial charge in [0.1, 0.15) is 12.4 Å². The zero-order chi connectivity index (χ0) is 17.9. The second-order valence-corrected chi connectivity index (χ2v) is 8.24. The van der Waals surface area contributed by atoms with Gasteiger partial charge in [0.25, 0.3) is 0 Å². The van der Waals surface area contributed by atoms with Crippen molar-refractivity contribution in [2.45, 2.75) is 18.4 Å². The van der Waals surface area contributed by atoms with E-state index in [-0.39, 0.29) is 11.5 Å². The van der Waals surface area contributed by atoms with Crippen LogP contribution in [0.15, 0.2) is 47.4 Å². The van der Waals surface area contributed by atoms with Gasteiger partial charge >= 0.3 is 0 Å². The van der Waals surface area contributed by atoms with Gasteiger partial charge in [-0.15, -0.1) is 0 Å².